The molecule has 2 aromatic heterocycles. The Morgan fingerprint density at radius 1 is 0.557 bits per heavy atom. The van der Waals surface area contributed by atoms with Crippen molar-refractivity contribution in [1.29, 1.82) is 0 Å². The number of ketones is 1. The van der Waals surface area contributed by atoms with Gasteiger partial charge in [0.05, 0.1) is 23.8 Å². The number of pyridine rings is 2. The molecule has 360 valence electrons. The summed E-state index contributed by atoms with van der Waals surface area (Å²) in [6.07, 6.45) is -5.76. The van der Waals surface area contributed by atoms with Gasteiger partial charge in [-0.3, -0.25) is 4.79 Å². The van der Waals surface area contributed by atoms with Gasteiger partial charge in [-0.2, -0.15) is 26.3 Å². The van der Waals surface area contributed by atoms with Crippen molar-refractivity contribution in [2.75, 3.05) is 36.0 Å². The molecule has 6 aliphatic rings. The van der Waals surface area contributed by atoms with Crippen LogP contribution in [0.15, 0.2) is 109 Å². The lowest BCUT2D eigenvalue weighted by atomic mass is 9.79. The fraction of sp³-hybridized carbons (Fsp3) is 0.364. The van der Waals surface area contributed by atoms with Gasteiger partial charge >= 0.3 is 12.4 Å². The Kier molecular flexibility index (Phi) is 9.90. The van der Waals surface area contributed by atoms with E-state index in [1.807, 2.05) is 48.5 Å². The Morgan fingerprint density at radius 2 is 0.957 bits per heavy atom. The second-order valence-corrected chi connectivity index (χ2v) is 20.6. The molecule has 0 bridgehead atoms. The lowest BCUT2D eigenvalue weighted by Gasteiger charge is -2.31. The van der Waals surface area contributed by atoms with Crippen LogP contribution in [0.1, 0.15) is 113 Å². The van der Waals surface area contributed by atoms with Crippen molar-refractivity contribution in [3.05, 3.63) is 166 Å². The summed E-state index contributed by atoms with van der Waals surface area (Å²) in [4.78, 5) is 26.3. The number of hydrogen-bond donors (Lipinski definition) is 2. The summed E-state index contributed by atoms with van der Waals surface area (Å²) in [5, 5.41) is 23.4. The summed E-state index contributed by atoms with van der Waals surface area (Å²) in [5.41, 5.74) is -4.82. The summed E-state index contributed by atoms with van der Waals surface area (Å²) in [6, 6.07) is 26.9. The van der Waals surface area contributed by atoms with Crippen LogP contribution in [0.5, 0.6) is 0 Å². The van der Waals surface area contributed by atoms with Gasteiger partial charge in [0, 0.05) is 62.0 Å². The number of aliphatic hydroxyl groups is 2. The van der Waals surface area contributed by atoms with E-state index in [1.54, 1.807) is 34.1 Å². The average Bonchev–Trinajstić information content (AvgIpc) is 4.25. The molecule has 0 amide bonds. The fourth-order valence-corrected chi connectivity index (χ4v) is 12.6. The third-order valence-corrected chi connectivity index (χ3v) is 16.3. The van der Waals surface area contributed by atoms with E-state index in [9.17, 15) is 15.0 Å². The van der Waals surface area contributed by atoms with Crippen LogP contribution in [0, 0.1) is 11.6 Å². The average molecular weight is 963 g/mol. The van der Waals surface area contributed by atoms with Crippen LogP contribution in [0.3, 0.4) is 0 Å². The second kappa shape index (κ2) is 15.4. The summed E-state index contributed by atoms with van der Waals surface area (Å²) in [7, 11) is 0. The third kappa shape index (κ3) is 6.91. The van der Waals surface area contributed by atoms with E-state index in [4.69, 9.17) is 0 Å². The number of nitrogens with zero attached hydrogens (tertiary/aromatic N) is 4. The summed E-state index contributed by atoms with van der Waals surface area (Å²) in [6.45, 7) is -0.178. The molecular weight excluding hydrogens is 917 g/mol. The summed E-state index contributed by atoms with van der Waals surface area (Å²) < 4.78 is 121. The van der Waals surface area contributed by atoms with Gasteiger partial charge in [-0.1, -0.05) is 72.8 Å². The van der Waals surface area contributed by atoms with Gasteiger partial charge in [0.2, 0.25) is 5.78 Å². The highest BCUT2D eigenvalue weighted by molar-refractivity contribution is 6.13. The molecule has 4 atom stereocenters. The van der Waals surface area contributed by atoms with Gasteiger partial charge in [0.15, 0.2) is 11.2 Å². The maximum absolute atomic E-state index is 15.3. The van der Waals surface area contributed by atoms with Crippen LogP contribution in [-0.2, 0) is 22.0 Å². The number of fused-ring (bicyclic) bond motifs is 4. The molecule has 7 nitrogen and oxygen atoms in total. The molecule has 15 heteroatoms. The first-order valence-electron chi connectivity index (χ1n) is 23.7. The molecule has 4 unspecified atom stereocenters. The van der Waals surface area contributed by atoms with E-state index >= 15 is 35.1 Å². The van der Waals surface area contributed by atoms with Gasteiger partial charge < -0.3 is 20.0 Å². The number of anilines is 2. The van der Waals surface area contributed by atoms with Gasteiger partial charge in [-0.25, -0.2) is 18.7 Å². The molecule has 4 aromatic carbocycles. The molecule has 2 saturated carbocycles. The Labute approximate surface area is 397 Å². The van der Waals surface area contributed by atoms with Gasteiger partial charge in [0.1, 0.15) is 23.0 Å². The van der Waals surface area contributed by atoms with Crippen LogP contribution >= 0.6 is 0 Å². The first-order valence-corrected chi connectivity index (χ1v) is 23.7. The minimum absolute atomic E-state index is 0.0464. The van der Waals surface area contributed by atoms with Crippen LogP contribution in [0.4, 0.5) is 46.5 Å². The topological polar surface area (TPSA) is 89.8 Å². The van der Waals surface area contributed by atoms with E-state index in [0.29, 0.717) is 34.1 Å². The molecule has 70 heavy (non-hydrogen) atoms. The predicted octanol–water partition coefficient (Wildman–Crippen LogP) is 11.7. The fourth-order valence-electron chi connectivity index (χ4n) is 12.6. The quantitative estimate of drug-likeness (QED) is 0.116. The number of carbonyl (C=O) groups excluding carboxylic acids is 1. The molecule has 4 aliphatic carbocycles. The van der Waals surface area contributed by atoms with E-state index in [0.717, 1.165) is 72.5 Å². The van der Waals surface area contributed by atoms with Crippen molar-refractivity contribution in [1.82, 2.24) is 9.97 Å². The lowest BCUT2D eigenvalue weighted by Crippen LogP contribution is -2.42. The molecule has 4 heterocycles. The lowest BCUT2D eigenvalue weighted by molar-refractivity contribution is -0.268. The number of rotatable bonds is 8. The summed E-state index contributed by atoms with van der Waals surface area (Å²) in [5.74, 6) is -1.93. The standard InChI is InChI=1S/C55H46F8N4O3/c56-35-23-45(66-19-17-50(29-66)27-52(69,54(58,59)60)43-21-33(13-15-41(43)50)39-7-3-1-5-37(39)31-9-10-31)47(64-25-35)49(68)48-46(24-36(57)26-65-48)67-20-18-51(30-67)28-53(70,55(61,62)63)44-22-34(14-16-42(44)51)40-8-4-2-6-38(40)32-11-12-32/h1-8,13-16,21-26,31-32,69-70H,9-12,17-20,27-30H2. The first kappa shape index (κ1) is 45.0. The van der Waals surface area contributed by atoms with Crippen LogP contribution in [0.2, 0.25) is 0 Å². The Hall–Kier alpha value is -6.19. The molecule has 2 aliphatic heterocycles. The Bertz CT molecular complexity index is 2950. The highest BCUT2D eigenvalue weighted by atomic mass is 19.4. The number of carbonyl (C=O) groups is 1. The SMILES string of the molecule is O=C(c1ncc(F)cc1N1CCC2(C1)CC(O)(C(F)(F)F)c1cc(-c3ccccc3C3CC3)ccc12)c1ncc(F)cc1N1CCC2(C1)CC(O)(C(F)(F)F)c1cc(-c3ccccc3C3CC3)ccc12. The van der Waals surface area contributed by atoms with Gasteiger partial charge in [-0.15, -0.1) is 0 Å². The minimum Gasteiger partial charge on any atom is -0.376 e. The van der Waals surface area contributed by atoms with Crippen molar-refractivity contribution in [2.24, 2.45) is 0 Å². The number of halogens is 8. The van der Waals surface area contributed by atoms with E-state index in [2.05, 4.69) is 9.97 Å². The highest BCUT2D eigenvalue weighted by Gasteiger charge is 2.67. The molecule has 0 radical (unpaired) electrons. The first-order chi connectivity index (χ1) is 33.3. The molecule has 6 aromatic rings. The molecule has 2 saturated heterocycles. The zero-order valence-electron chi connectivity index (χ0n) is 37.6. The van der Waals surface area contributed by atoms with Crippen LogP contribution in [0.25, 0.3) is 22.3 Å². The van der Waals surface area contributed by atoms with Crippen molar-refractivity contribution < 1.29 is 50.1 Å². The molecule has 2 N–H and O–H groups in total. The zero-order chi connectivity index (χ0) is 48.8. The third-order valence-electron chi connectivity index (χ3n) is 16.3. The zero-order valence-corrected chi connectivity index (χ0v) is 37.6. The Balaban J connectivity index is 0.871. The van der Waals surface area contributed by atoms with Crippen molar-refractivity contribution in [2.45, 2.75) is 97.6 Å². The normalized spacial score (nSPS) is 26.1. The van der Waals surface area contributed by atoms with Crippen LogP contribution in [-0.4, -0.2) is 64.5 Å². The number of hydrogen-bond acceptors (Lipinski definition) is 7. The van der Waals surface area contributed by atoms with Gasteiger partial charge in [0.25, 0.3) is 0 Å². The number of alkyl halides is 6. The second-order valence-electron chi connectivity index (χ2n) is 20.6. The van der Waals surface area contributed by atoms with Crippen LogP contribution < -0.4 is 9.80 Å². The monoisotopic (exact) mass is 962 g/mol. The molecular formula is C55H46F8N4O3. The maximum Gasteiger partial charge on any atom is 0.421 e. The van der Waals surface area contributed by atoms with Crippen molar-refractivity contribution in [3.8, 4) is 22.3 Å². The molecule has 2 spiro atoms. The molecule has 12 rings (SSSR count). The van der Waals surface area contributed by atoms with Gasteiger partial charge in [-0.05, 0) is 118 Å². The number of aromatic nitrogens is 2. The highest BCUT2D eigenvalue weighted by Crippen LogP contribution is 2.61. The smallest absolute Gasteiger partial charge is 0.376 e. The van der Waals surface area contributed by atoms with E-state index in [1.165, 1.54) is 12.1 Å². The number of benzene rings is 4. The Morgan fingerprint density at radius 3 is 1.34 bits per heavy atom. The largest absolute Gasteiger partial charge is 0.421 e. The van der Waals surface area contributed by atoms with Crippen molar-refractivity contribution >= 4 is 17.2 Å². The minimum atomic E-state index is -5.05. The van der Waals surface area contributed by atoms with E-state index in [-0.39, 0.29) is 72.9 Å². The predicted molar refractivity (Wildman–Crippen MR) is 246 cm³/mol. The molecule has 4 fully saturated rings. The summed E-state index contributed by atoms with van der Waals surface area (Å²) >= 11 is 0. The van der Waals surface area contributed by atoms with Crippen molar-refractivity contribution in [3.63, 3.8) is 0 Å². The maximum atomic E-state index is 15.3. The van der Waals surface area contributed by atoms with E-state index < -0.39 is 64.6 Å².